The lowest BCUT2D eigenvalue weighted by Crippen LogP contribution is -2.15. The molecule has 1 N–H and O–H groups in total. The highest BCUT2D eigenvalue weighted by molar-refractivity contribution is 7.99. The first-order chi connectivity index (χ1) is 15.0. The molecule has 0 saturated carbocycles. The first-order valence-corrected chi connectivity index (χ1v) is 12.5. The Morgan fingerprint density at radius 2 is 2.16 bits per heavy atom. The molecule has 1 aliphatic rings. The number of fused-ring (bicyclic) bond motifs is 5. The molecule has 3 heterocycles. The van der Waals surface area contributed by atoms with Crippen LogP contribution in [0.2, 0.25) is 0 Å². The standard InChI is InChI=1S/C23H25N5OS2/c1-4-15-7-5-6-8-17(15)25-19(29)12-30-23-27-26-21-20-16-10-9-13(2)11-18(16)31-22(20)24-14(3)28(21)23/h5-8,13H,4,9-12H2,1-3H3,(H,25,29)/t13-/m1/s1. The molecular formula is C23H25N5OS2. The van der Waals surface area contributed by atoms with Gasteiger partial charge >= 0.3 is 0 Å². The van der Waals surface area contributed by atoms with E-state index in [1.165, 1.54) is 28.6 Å². The van der Waals surface area contributed by atoms with Crippen molar-refractivity contribution in [2.45, 2.75) is 51.6 Å². The molecule has 0 fully saturated rings. The lowest BCUT2D eigenvalue weighted by Gasteiger charge is -2.17. The van der Waals surface area contributed by atoms with Crippen molar-refractivity contribution in [3.8, 4) is 0 Å². The second-order valence-electron chi connectivity index (χ2n) is 8.18. The van der Waals surface area contributed by atoms with E-state index in [4.69, 9.17) is 4.98 Å². The molecule has 0 spiro atoms. The molecule has 1 aromatic carbocycles. The monoisotopic (exact) mass is 451 g/mol. The third-order valence-corrected chi connectivity index (χ3v) is 8.02. The van der Waals surface area contributed by atoms with E-state index >= 15 is 0 Å². The first-order valence-electron chi connectivity index (χ1n) is 10.7. The predicted molar refractivity (Wildman–Crippen MR) is 127 cm³/mol. The first kappa shape index (κ1) is 20.5. The third kappa shape index (κ3) is 3.72. The van der Waals surface area contributed by atoms with Crippen LogP contribution < -0.4 is 5.32 Å². The second kappa shape index (κ2) is 8.24. The fourth-order valence-corrected chi connectivity index (χ4v) is 6.53. The third-order valence-electron chi connectivity index (χ3n) is 5.94. The van der Waals surface area contributed by atoms with Gasteiger partial charge in [-0.15, -0.1) is 21.5 Å². The van der Waals surface area contributed by atoms with Gasteiger partial charge in [-0.25, -0.2) is 4.98 Å². The molecule has 0 aliphatic heterocycles. The molecule has 1 aliphatic carbocycles. The number of benzene rings is 1. The van der Waals surface area contributed by atoms with Crippen molar-refractivity contribution in [1.29, 1.82) is 0 Å². The van der Waals surface area contributed by atoms with Crippen LogP contribution in [-0.4, -0.2) is 31.2 Å². The zero-order valence-corrected chi connectivity index (χ0v) is 19.6. The summed E-state index contributed by atoms with van der Waals surface area (Å²) < 4.78 is 2.01. The van der Waals surface area contributed by atoms with Gasteiger partial charge in [0.2, 0.25) is 5.91 Å². The molecule has 0 saturated heterocycles. The smallest absolute Gasteiger partial charge is 0.234 e. The Hall–Kier alpha value is -2.45. The van der Waals surface area contributed by atoms with Gasteiger partial charge in [0.1, 0.15) is 10.7 Å². The summed E-state index contributed by atoms with van der Waals surface area (Å²) in [5, 5.41) is 13.8. The van der Waals surface area contributed by atoms with E-state index in [0.29, 0.717) is 5.16 Å². The Kier molecular flexibility index (Phi) is 5.44. The van der Waals surface area contributed by atoms with E-state index in [-0.39, 0.29) is 11.7 Å². The molecule has 0 radical (unpaired) electrons. The number of hydrogen-bond acceptors (Lipinski definition) is 6. The van der Waals surface area contributed by atoms with Crippen molar-refractivity contribution in [3.05, 3.63) is 46.1 Å². The number of nitrogens with one attached hydrogen (secondary N) is 1. The predicted octanol–water partition coefficient (Wildman–Crippen LogP) is 5.07. The van der Waals surface area contributed by atoms with Gasteiger partial charge in [-0.1, -0.05) is 43.8 Å². The van der Waals surface area contributed by atoms with E-state index in [1.807, 2.05) is 35.6 Å². The summed E-state index contributed by atoms with van der Waals surface area (Å²) in [5.41, 5.74) is 4.27. The maximum Gasteiger partial charge on any atom is 0.234 e. The topological polar surface area (TPSA) is 72.2 Å². The highest BCUT2D eigenvalue weighted by Crippen LogP contribution is 2.39. The van der Waals surface area contributed by atoms with Crippen LogP contribution in [0.1, 0.15) is 42.1 Å². The summed E-state index contributed by atoms with van der Waals surface area (Å²) in [6.07, 6.45) is 4.28. The summed E-state index contributed by atoms with van der Waals surface area (Å²) in [4.78, 5) is 20.0. The number of rotatable bonds is 5. The number of aryl methyl sites for hydroxylation is 3. The van der Waals surface area contributed by atoms with E-state index < -0.39 is 0 Å². The zero-order valence-electron chi connectivity index (χ0n) is 17.9. The van der Waals surface area contributed by atoms with E-state index in [9.17, 15) is 4.79 Å². The van der Waals surface area contributed by atoms with Crippen LogP contribution >= 0.6 is 23.1 Å². The van der Waals surface area contributed by atoms with E-state index in [1.54, 1.807) is 11.3 Å². The molecule has 3 aromatic heterocycles. The van der Waals surface area contributed by atoms with Gasteiger partial charge in [0.15, 0.2) is 10.8 Å². The fraction of sp³-hybridized carbons (Fsp3) is 0.391. The van der Waals surface area contributed by atoms with Crippen LogP contribution in [0, 0.1) is 12.8 Å². The number of thioether (sulfide) groups is 1. The van der Waals surface area contributed by atoms with Crippen LogP contribution in [-0.2, 0) is 24.1 Å². The highest BCUT2D eigenvalue weighted by Gasteiger charge is 2.25. The molecule has 31 heavy (non-hydrogen) atoms. The van der Waals surface area contributed by atoms with Crippen molar-refractivity contribution in [1.82, 2.24) is 19.6 Å². The molecular weight excluding hydrogens is 426 g/mol. The maximum atomic E-state index is 12.6. The Morgan fingerprint density at radius 1 is 1.32 bits per heavy atom. The van der Waals surface area contributed by atoms with Gasteiger partial charge in [0, 0.05) is 10.6 Å². The minimum absolute atomic E-state index is 0.0451. The molecule has 0 bridgehead atoms. The minimum atomic E-state index is -0.0451. The number of amides is 1. The van der Waals surface area contributed by atoms with Crippen molar-refractivity contribution in [2.24, 2.45) is 5.92 Å². The molecule has 5 rings (SSSR count). The number of hydrogen-bond donors (Lipinski definition) is 1. The quantitative estimate of drug-likeness (QED) is 0.429. The molecule has 4 aromatic rings. The van der Waals surface area contributed by atoms with Gasteiger partial charge in [0.05, 0.1) is 11.1 Å². The van der Waals surface area contributed by atoms with Gasteiger partial charge in [0.25, 0.3) is 0 Å². The largest absolute Gasteiger partial charge is 0.325 e. The van der Waals surface area contributed by atoms with Crippen LogP contribution in [0.5, 0.6) is 0 Å². The van der Waals surface area contributed by atoms with E-state index in [0.717, 1.165) is 58.1 Å². The van der Waals surface area contributed by atoms with Gasteiger partial charge in [-0.3, -0.25) is 9.20 Å². The van der Waals surface area contributed by atoms with Crippen molar-refractivity contribution in [3.63, 3.8) is 0 Å². The number of thiophene rings is 1. The summed E-state index contributed by atoms with van der Waals surface area (Å²) in [6, 6.07) is 7.92. The normalized spacial score (nSPS) is 16.0. The molecule has 160 valence electrons. The summed E-state index contributed by atoms with van der Waals surface area (Å²) in [7, 11) is 0. The van der Waals surface area contributed by atoms with Gasteiger partial charge in [-0.2, -0.15) is 0 Å². The average molecular weight is 452 g/mol. The number of nitrogens with zero attached hydrogens (tertiary/aromatic N) is 4. The SMILES string of the molecule is CCc1ccccc1NC(=O)CSc1nnc2c3c4c(sc3nc(C)n12)C[C@H](C)CC4. The molecule has 1 amide bonds. The summed E-state index contributed by atoms with van der Waals surface area (Å²) >= 11 is 3.20. The van der Waals surface area contributed by atoms with Crippen LogP contribution in [0.4, 0.5) is 5.69 Å². The molecule has 6 nitrogen and oxygen atoms in total. The molecule has 1 atom stereocenters. The maximum absolute atomic E-state index is 12.6. The lowest BCUT2D eigenvalue weighted by atomic mass is 9.89. The van der Waals surface area contributed by atoms with E-state index in [2.05, 4.69) is 29.4 Å². The van der Waals surface area contributed by atoms with Crippen LogP contribution in [0.15, 0.2) is 29.4 Å². The Balaban J connectivity index is 1.42. The highest BCUT2D eigenvalue weighted by atomic mass is 32.2. The van der Waals surface area contributed by atoms with Crippen LogP contribution in [0.25, 0.3) is 15.9 Å². The summed E-state index contributed by atoms with van der Waals surface area (Å²) in [6.45, 7) is 6.39. The lowest BCUT2D eigenvalue weighted by molar-refractivity contribution is -0.113. The van der Waals surface area contributed by atoms with Gasteiger partial charge in [-0.05, 0) is 55.7 Å². The van der Waals surface area contributed by atoms with Crippen molar-refractivity contribution < 1.29 is 4.79 Å². The number of carbonyl (C=O) groups excluding carboxylic acids is 1. The van der Waals surface area contributed by atoms with Crippen LogP contribution in [0.3, 0.4) is 0 Å². The van der Waals surface area contributed by atoms with Crippen molar-refractivity contribution >= 4 is 50.6 Å². The number of aromatic nitrogens is 4. The Morgan fingerprint density at radius 3 is 3.00 bits per heavy atom. The zero-order chi connectivity index (χ0) is 21.5. The fourth-order valence-electron chi connectivity index (χ4n) is 4.33. The number of carbonyl (C=O) groups is 1. The Bertz CT molecular complexity index is 1290. The van der Waals surface area contributed by atoms with Crippen molar-refractivity contribution in [2.75, 3.05) is 11.1 Å². The molecule has 0 unspecified atom stereocenters. The Labute approximate surface area is 189 Å². The second-order valence-corrected chi connectivity index (χ2v) is 10.2. The molecule has 8 heteroatoms. The average Bonchev–Trinajstić information content (AvgIpc) is 3.33. The summed E-state index contributed by atoms with van der Waals surface area (Å²) in [5.74, 6) is 1.81. The number of anilines is 1. The van der Waals surface area contributed by atoms with Gasteiger partial charge < -0.3 is 5.32 Å². The number of para-hydroxylation sites is 1. The minimum Gasteiger partial charge on any atom is -0.325 e.